The summed E-state index contributed by atoms with van der Waals surface area (Å²) in [5, 5.41) is 5.58. The van der Waals surface area contributed by atoms with Crippen molar-refractivity contribution in [2.75, 3.05) is 16.3 Å². The van der Waals surface area contributed by atoms with E-state index < -0.39 is 10.0 Å². The summed E-state index contributed by atoms with van der Waals surface area (Å²) >= 11 is 0. The molecule has 7 nitrogen and oxygen atoms in total. The lowest BCUT2D eigenvalue weighted by molar-refractivity contribution is -0.114. The molecule has 0 heterocycles. The number of carbonyl (C=O) groups excluding carboxylic acids is 2. The number of amides is 2. The molecule has 0 saturated carbocycles. The molecular formula is C19H23N3O4S. The fourth-order valence-electron chi connectivity index (χ4n) is 2.53. The normalized spacial score (nSPS) is 12.1. The van der Waals surface area contributed by atoms with Crippen molar-refractivity contribution in [1.29, 1.82) is 0 Å². The quantitative estimate of drug-likeness (QED) is 0.706. The van der Waals surface area contributed by atoms with Crippen molar-refractivity contribution in [2.45, 2.75) is 26.8 Å². The van der Waals surface area contributed by atoms with Crippen molar-refractivity contribution in [3.05, 3.63) is 59.2 Å². The van der Waals surface area contributed by atoms with E-state index in [2.05, 4.69) is 15.4 Å². The van der Waals surface area contributed by atoms with Crippen molar-refractivity contribution >= 4 is 33.2 Å². The molecule has 3 N–H and O–H groups in total. The van der Waals surface area contributed by atoms with Crippen molar-refractivity contribution in [1.82, 2.24) is 5.32 Å². The second kappa shape index (κ2) is 8.22. The summed E-state index contributed by atoms with van der Waals surface area (Å²) in [6.45, 7) is 5.01. The van der Waals surface area contributed by atoms with Gasteiger partial charge in [-0.15, -0.1) is 0 Å². The molecule has 0 fully saturated rings. The van der Waals surface area contributed by atoms with Crippen LogP contribution < -0.4 is 15.4 Å². The predicted molar refractivity (Wildman–Crippen MR) is 106 cm³/mol. The van der Waals surface area contributed by atoms with Crippen LogP contribution in [0.15, 0.2) is 42.5 Å². The van der Waals surface area contributed by atoms with Gasteiger partial charge in [0.1, 0.15) is 0 Å². The molecule has 2 aromatic rings. The molecule has 2 amide bonds. The van der Waals surface area contributed by atoms with Crippen LogP contribution in [0, 0.1) is 6.92 Å². The highest BCUT2D eigenvalue weighted by molar-refractivity contribution is 7.92. The fourth-order valence-corrected chi connectivity index (χ4v) is 3.14. The van der Waals surface area contributed by atoms with Crippen LogP contribution >= 0.6 is 0 Å². The van der Waals surface area contributed by atoms with E-state index in [1.807, 2.05) is 13.0 Å². The van der Waals surface area contributed by atoms with Gasteiger partial charge in [0.15, 0.2) is 0 Å². The van der Waals surface area contributed by atoms with Crippen molar-refractivity contribution in [2.24, 2.45) is 0 Å². The Balaban J connectivity index is 2.17. The number of aryl methyl sites for hydroxylation is 1. The maximum atomic E-state index is 12.6. The van der Waals surface area contributed by atoms with Gasteiger partial charge in [-0.05, 0) is 49.2 Å². The lowest BCUT2D eigenvalue weighted by Crippen LogP contribution is -2.27. The van der Waals surface area contributed by atoms with E-state index >= 15 is 0 Å². The highest BCUT2D eigenvalue weighted by Crippen LogP contribution is 2.21. The number of nitrogens with one attached hydrogen (secondary N) is 3. The molecule has 0 aromatic heterocycles. The van der Waals surface area contributed by atoms with Gasteiger partial charge in [-0.25, -0.2) is 8.42 Å². The van der Waals surface area contributed by atoms with Crippen LogP contribution in [0.4, 0.5) is 11.4 Å². The van der Waals surface area contributed by atoms with E-state index in [-0.39, 0.29) is 17.9 Å². The number of anilines is 2. The molecule has 0 aliphatic rings. The molecule has 144 valence electrons. The first kappa shape index (κ1) is 20.4. The first-order valence-corrected chi connectivity index (χ1v) is 10.2. The summed E-state index contributed by atoms with van der Waals surface area (Å²) in [5.41, 5.74) is 2.90. The van der Waals surface area contributed by atoms with E-state index in [0.717, 1.165) is 11.8 Å². The number of carbonyl (C=O) groups is 2. The van der Waals surface area contributed by atoms with Gasteiger partial charge in [-0.2, -0.15) is 0 Å². The Hall–Kier alpha value is -2.87. The Labute approximate surface area is 159 Å². The maximum absolute atomic E-state index is 12.6. The SMILES string of the molecule is CC(=O)Nc1cccc(C(C)NC(=O)c2ccc(C)c(NS(C)(=O)=O)c2)c1. The van der Waals surface area contributed by atoms with Crippen molar-refractivity contribution < 1.29 is 18.0 Å². The second-order valence-electron chi connectivity index (χ2n) is 6.41. The van der Waals surface area contributed by atoms with Gasteiger partial charge in [0, 0.05) is 18.2 Å². The van der Waals surface area contributed by atoms with E-state index in [1.165, 1.54) is 13.0 Å². The van der Waals surface area contributed by atoms with Gasteiger partial charge in [0.05, 0.1) is 18.0 Å². The Kier molecular flexibility index (Phi) is 6.22. The summed E-state index contributed by atoms with van der Waals surface area (Å²) in [6.07, 6.45) is 1.06. The minimum Gasteiger partial charge on any atom is -0.346 e. The van der Waals surface area contributed by atoms with Crippen LogP contribution in [-0.4, -0.2) is 26.5 Å². The van der Waals surface area contributed by atoms with Gasteiger partial charge in [-0.1, -0.05) is 18.2 Å². The molecule has 0 saturated heterocycles. The van der Waals surface area contributed by atoms with Crippen LogP contribution in [-0.2, 0) is 14.8 Å². The standard InChI is InChI=1S/C19H23N3O4S/c1-12-8-9-16(11-18(12)22-27(4,25)26)19(24)20-13(2)15-6-5-7-17(10-15)21-14(3)23/h5-11,13,22H,1-4H3,(H,20,24)(H,21,23). The minimum absolute atomic E-state index is 0.172. The first-order valence-electron chi connectivity index (χ1n) is 8.32. The molecule has 2 rings (SSSR count). The maximum Gasteiger partial charge on any atom is 0.251 e. The van der Waals surface area contributed by atoms with Crippen molar-refractivity contribution in [3.8, 4) is 0 Å². The number of hydrogen-bond donors (Lipinski definition) is 3. The average molecular weight is 389 g/mol. The summed E-state index contributed by atoms with van der Waals surface area (Å²) in [6, 6.07) is 11.7. The Morgan fingerprint density at radius 2 is 1.78 bits per heavy atom. The van der Waals surface area contributed by atoms with Gasteiger partial charge in [0.25, 0.3) is 5.91 Å². The van der Waals surface area contributed by atoms with Crippen LogP contribution in [0.3, 0.4) is 0 Å². The third-order valence-electron chi connectivity index (χ3n) is 3.85. The molecule has 2 aromatic carbocycles. The molecule has 0 aliphatic carbocycles. The molecule has 1 unspecified atom stereocenters. The van der Waals surface area contributed by atoms with E-state index in [4.69, 9.17) is 0 Å². The third kappa shape index (κ3) is 6.10. The van der Waals surface area contributed by atoms with Crippen molar-refractivity contribution in [3.63, 3.8) is 0 Å². The van der Waals surface area contributed by atoms with E-state index in [9.17, 15) is 18.0 Å². The molecule has 0 spiro atoms. The largest absolute Gasteiger partial charge is 0.346 e. The monoisotopic (exact) mass is 389 g/mol. The summed E-state index contributed by atoms with van der Waals surface area (Å²) < 4.78 is 25.3. The van der Waals surface area contributed by atoms with Gasteiger partial charge >= 0.3 is 0 Å². The molecule has 0 radical (unpaired) electrons. The number of hydrogen-bond acceptors (Lipinski definition) is 4. The number of benzene rings is 2. The lowest BCUT2D eigenvalue weighted by atomic mass is 10.1. The van der Waals surface area contributed by atoms with Crippen LogP contribution in [0.5, 0.6) is 0 Å². The second-order valence-corrected chi connectivity index (χ2v) is 8.15. The highest BCUT2D eigenvalue weighted by atomic mass is 32.2. The number of rotatable bonds is 6. The van der Waals surface area contributed by atoms with Gasteiger partial charge in [-0.3, -0.25) is 14.3 Å². The Bertz CT molecular complexity index is 971. The summed E-state index contributed by atoms with van der Waals surface area (Å²) in [4.78, 5) is 23.7. The predicted octanol–water partition coefficient (Wildman–Crippen LogP) is 2.82. The fraction of sp³-hybridized carbons (Fsp3) is 0.263. The molecule has 1 atom stereocenters. The molecule has 0 bridgehead atoms. The first-order chi connectivity index (χ1) is 12.5. The number of sulfonamides is 1. The summed E-state index contributed by atoms with van der Waals surface area (Å²) in [5.74, 6) is -0.501. The smallest absolute Gasteiger partial charge is 0.251 e. The highest BCUT2D eigenvalue weighted by Gasteiger charge is 2.14. The van der Waals surface area contributed by atoms with Gasteiger partial charge in [0.2, 0.25) is 15.9 Å². The Morgan fingerprint density at radius 3 is 2.41 bits per heavy atom. The molecule has 8 heteroatoms. The van der Waals surface area contributed by atoms with Crippen LogP contribution in [0.25, 0.3) is 0 Å². The lowest BCUT2D eigenvalue weighted by Gasteiger charge is -2.16. The summed E-state index contributed by atoms with van der Waals surface area (Å²) in [7, 11) is -3.44. The average Bonchev–Trinajstić information content (AvgIpc) is 2.55. The zero-order valence-corrected chi connectivity index (χ0v) is 16.5. The zero-order chi connectivity index (χ0) is 20.2. The molecule has 27 heavy (non-hydrogen) atoms. The van der Waals surface area contributed by atoms with Crippen LogP contribution in [0.2, 0.25) is 0 Å². The topological polar surface area (TPSA) is 104 Å². The molecular weight excluding hydrogens is 366 g/mol. The molecule has 0 aliphatic heterocycles. The minimum atomic E-state index is -3.44. The Morgan fingerprint density at radius 1 is 1.07 bits per heavy atom. The van der Waals surface area contributed by atoms with E-state index in [0.29, 0.717) is 22.5 Å². The van der Waals surface area contributed by atoms with Gasteiger partial charge < -0.3 is 10.6 Å². The van der Waals surface area contributed by atoms with E-state index in [1.54, 1.807) is 37.3 Å². The third-order valence-corrected chi connectivity index (χ3v) is 4.44. The van der Waals surface area contributed by atoms with Crippen LogP contribution in [0.1, 0.15) is 41.4 Å². The zero-order valence-electron chi connectivity index (χ0n) is 15.7.